The molecule has 0 fully saturated rings. The number of amides is 1. The Morgan fingerprint density at radius 2 is 1.78 bits per heavy atom. The minimum absolute atomic E-state index is 0.109. The lowest BCUT2D eigenvalue weighted by Gasteiger charge is -2.23. The Bertz CT molecular complexity index is 716. The van der Waals surface area contributed by atoms with Gasteiger partial charge in [0.15, 0.2) is 6.23 Å². The molecule has 0 saturated heterocycles. The quantitative estimate of drug-likeness (QED) is 0.879. The zero-order valence-corrected chi connectivity index (χ0v) is 12.2. The molecule has 1 aliphatic rings. The van der Waals surface area contributed by atoms with Gasteiger partial charge in [-0.25, -0.2) is 14.5 Å². The van der Waals surface area contributed by atoms with Crippen molar-refractivity contribution in [3.8, 4) is 0 Å². The average Bonchev–Trinajstić information content (AvgIpc) is 2.90. The first-order valence-corrected chi connectivity index (χ1v) is 7.12. The zero-order valence-electron chi connectivity index (χ0n) is 12.2. The van der Waals surface area contributed by atoms with Crippen LogP contribution in [0, 0.1) is 0 Å². The molecule has 1 amide bonds. The van der Waals surface area contributed by atoms with Crippen LogP contribution in [-0.4, -0.2) is 23.6 Å². The average molecular weight is 313 g/mol. The van der Waals surface area contributed by atoms with Gasteiger partial charge in [-0.05, 0) is 17.2 Å². The lowest BCUT2D eigenvalue weighted by Crippen LogP contribution is -2.40. The maximum absolute atomic E-state index is 12.4. The molecule has 1 heterocycles. The van der Waals surface area contributed by atoms with Crippen LogP contribution in [-0.2, 0) is 22.5 Å². The molecule has 1 unspecified atom stereocenters. The molecule has 2 aromatic carbocycles. The molecule has 3 rings (SSSR count). The van der Waals surface area contributed by atoms with Crippen LogP contribution in [0.5, 0.6) is 0 Å². The largest absolute Gasteiger partial charge is 0.507 e. The van der Waals surface area contributed by atoms with Crippen molar-refractivity contribution in [1.82, 2.24) is 0 Å². The second-order valence-corrected chi connectivity index (χ2v) is 5.08. The molecule has 0 bridgehead atoms. The van der Waals surface area contributed by atoms with Crippen LogP contribution in [0.3, 0.4) is 0 Å². The van der Waals surface area contributed by atoms with E-state index in [4.69, 9.17) is 14.6 Å². The number of anilines is 1. The van der Waals surface area contributed by atoms with Gasteiger partial charge < -0.3 is 14.6 Å². The van der Waals surface area contributed by atoms with E-state index >= 15 is 0 Å². The summed E-state index contributed by atoms with van der Waals surface area (Å²) in [6.45, 7) is 0.109. The Kier molecular flexibility index (Phi) is 4.14. The molecule has 2 aromatic rings. The monoisotopic (exact) mass is 313 g/mol. The highest BCUT2D eigenvalue weighted by Gasteiger charge is 2.37. The van der Waals surface area contributed by atoms with E-state index in [2.05, 4.69) is 0 Å². The summed E-state index contributed by atoms with van der Waals surface area (Å²) in [5.74, 6) is 0. The Labute approximate surface area is 132 Å². The van der Waals surface area contributed by atoms with Crippen molar-refractivity contribution in [2.24, 2.45) is 0 Å². The summed E-state index contributed by atoms with van der Waals surface area (Å²) in [6, 6.07) is 16.4. The topological polar surface area (TPSA) is 76.1 Å². The van der Waals surface area contributed by atoms with Crippen LogP contribution in [0.25, 0.3) is 0 Å². The first-order valence-electron chi connectivity index (χ1n) is 7.12. The molecule has 118 valence electrons. The lowest BCUT2D eigenvalue weighted by molar-refractivity contribution is 0.0507. The molecule has 0 aromatic heterocycles. The van der Waals surface area contributed by atoms with Crippen LogP contribution in [0.15, 0.2) is 54.6 Å². The Hall–Kier alpha value is -3.02. The summed E-state index contributed by atoms with van der Waals surface area (Å²) < 4.78 is 10.1. The van der Waals surface area contributed by atoms with Crippen molar-refractivity contribution < 1.29 is 24.2 Å². The van der Waals surface area contributed by atoms with Crippen molar-refractivity contribution in [3.63, 3.8) is 0 Å². The standard InChI is InChI=1S/C17H15NO5/c19-16(22-11-12-6-2-1-3-7-12)18-14-9-5-4-8-13(14)10-15(18)23-17(20)21/h1-9,15H,10-11H2,(H,20,21). The molecule has 6 heteroatoms. The van der Waals surface area contributed by atoms with E-state index in [9.17, 15) is 9.59 Å². The van der Waals surface area contributed by atoms with Crippen LogP contribution in [0.2, 0.25) is 0 Å². The van der Waals surface area contributed by atoms with Crippen molar-refractivity contribution in [2.45, 2.75) is 19.3 Å². The third-order valence-corrected chi connectivity index (χ3v) is 3.57. The highest BCUT2D eigenvalue weighted by Crippen LogP contribution is 2.33. The van der Waals surface area contributed by atoms with Gasteiger partial charge in [0.1, 0.15) is 6.61 Å². The fourth-order valence-corrected chi connectivity index (χ4v) is 2.57. The lowest BCUT2D eigenvalue weighted by atomic mass is 10.2. The molecule has 1 N–H and O–H groups in total. The van der Waals surface area contributed by atoms with E-state index in [0.717, 1.165) is 11.1 Å². The number of rotatable bonds is 3. The van der Waals surface area contributed by atoms with Gasteiger partial charge in [-0.2, -0.15) is 0 Å². The number of ether oxygens (including phenoxy) is 2. The smallest absolute Gasteiger partial charge is 0.450 e. The highest BCUT2D eigenvalue weighted by molar-refractivity contribution is 5.91. The first kappa shape index (κ1) is 14.9. The van der Waals surface area contributed by atoms with Gasteiger partial charge in [0, 0.05) is 6.42 Å². The maximum Gasteiger partial charge on any atom is 0.507 e. The number of nitrogens with zero attached hydrogens (tertiary/aromatic N) is 1. The molecular weight excluding hydrogens is 298 g/mol. The number of hydrogen-bond donors (Lipinski definition) is 1. The molecule has 6 nitrogen and oxygen atoms in total. The van der Waals surface area contributed by atoms with Crippen molar-refractivity contribution in [2.75, 3.05) is 4.90 Å². The number of carboxylic acid groups (broad SMARTS) is 1. The van der Waals surface area contributed by atoms with E-state index in [-0.39, 0.29) is 6.61 Å². The second kappa shape index (κ2) is 6.39. The SMILES string of the molecule is O=C(O)OC1Cc2ccccc2N1C(=O)OCc1ccccc1. The number of fused-ring (bicyclic) bond motifs is 1. The van der Waals surface area contributed by atoms with Crippen molar-refractivity contribution in [1.29, 1.82) is 0 Å². The van der Waals surface area contributed by atoms with Gasteiger partial charge in [-0.15, -0.1) is 0 Å². The fourth-order valence-electron chi connectivity index (χ4n) is 2.57. The van der Waals surface area contributed by atoms with Crippen molar-refractivity contribution >= 4 is 17.9 Å². The zero-order chi connectivity index (χ0) is 16.2. The highest BCUT2D eigenvalue weighted by atomic mass is 16.7. The number of benzene rings is 2. The molecule has 0 spiro atoms. The van der Waals surface area contributed by atoms with E-state index in [1.165, 1.54) is 4.90 Å². The molecule has 0 saturated carbocycles. The van der Waals surface area contributed by atoms with E-state index in [1.807, 2.05) is 42.5 Å². The minimum Gasteiger partial charge on any atom is -0.450 e. The first-order chi connectivity index (χ1) is 11.1. The van der Waals surface area contributed by atoms with E-state index in [0.29, 0.717) is 12.1 Å². The molecule has 0 radical (unpaired) electrons. The molecule has 0 aliphatic carbocycles. The van der Waals surface area contributed by atoms with E-state index in [1.54, 1.807) is 12.1 Å². The summed E-state index contributed by atoms with van der Waals surface area (Å²) >= 11 is 0. The molecule has 1 atom stereocenters. The minimum atomic E-state index is -1.43. The van der Waals surface area contributed by atoms with Crippen LogP contribution in [0.4, 0.5) is 15.3 Å². The van der Waals surface area contributed by atoms with Gasteiger partial charge in [-0.1, -0.05) is 48.5 Å². The number of carbonyl (C=O) groups is 2. The summed E-state index contributed by atoms with van der Waals surface area (Å²) in [4.78, 5) is 24.5. The Morgan fingerprint density at radius 3 is 2.52 bits per heavy atom. The van der Waals surface area contributed by atoms with Crippen LogP contribution < -0.4 is 4.90 Å². The molecular formula is C17H15NO5. The van der Waals surface area contributed by atoms with Gasteiger partial charge in [0.05, 0.1) is 5.69 Å². The van der Waals surface area contributed by atoms with Gasteiger partial charge in [0.25, 0.3) is 0 Å². The summed E-state index contributed by atoms with van der Waals surface area (Å²) in [7, 11) is 0. The summed E-state index contributed by atoms with van der Waals surface area (Å²) in [6.07, 6.45) is -2.66. The van der Waals surface area contributed by atoms with Crippen LogP contribution >= 0.6 is 0 Å². The van der Waals surface area contributed by atoms with Crippen LogP contribution in [0.1, 0.15) is 11.1 Å². The Balaban J connectivity index is 1.76. The summed E-state index contributed by atoms with van der Waals surface area (Å²) in [5.41, 5.74) is 2.30. The van der Waals surface area contributed by atoms with E-state index < -0.39 is 18.5 Å². The normalized spacial score (nSPS) is 15.8. The molecule has 23 heavy (non-hydrogen) atoms. The summed E-state index contributed by atoms with van der Waals surface area (Å²) in [5, 5.41) is 8.86. The van der Waals surface area contributed by atoms with Gasteiger partial charge in [-0.3, -0.25) is 0 Å². The second-order valence-electron chi connectivity index (χ2n) is 5.08. The van der Waals surface area contributed by atoms with Gasteiger partial charge >= 0.3 is 12.2 Å². The third-order valence-electron chi connectivity index (χ3n) is 3.57. The third kappa shape index (κ3) is 3.26. The predicted octanol–water partition coefficient (Wildman–Crippen LogP) is 3.41. The Morgan fingerprint density at radius 1 is 1.09 bits per heavy atom. The number of carbonyl (C=O) groups excluding carboxylic acids is 1. The molecule has 1 aliphatic heterocycles. The number of para-hydroxylation sites is 1. The maximum atomic E-state index is 12.4. The predicted molar refractivity (Wildman–Crippen MR) is 82.1 cm³/mol. The number of hydrogen-bond acceptors (Lipinski definition) is 4. The van der Waals surface area contributed by atoms with Crippen molar-refractivity contribution in [3.05, 3.63) is 65.7 Å². The van der Waals surface area contributed by atoms with Gasteiger partial charge in [0.2, 0.25) is 0 Å². The fraction of sp³-hybridized carbons (Fsp3) is 0.176.